The van der Waals surface area contributed by atoms with E-state index in [0.717, 1.165) is 24.8 Å². The molecule has 0 aliphatic carbocycles. The third kappa shape index (κ3) is 4.03. The average Bonchev–Trinajstić information content (AvgIpc) is 3.08. The molecule has 1 aromatic carbocycles. The van der Waals surface area contributed by atoms with Gasteiger partial charge in [-0.05, 0) is 25.0 Å². The molecule has 0 bridgehead atoms. The van der Waals surface area contributed by atoms with E-state index in [1.54, 1.807) is 18.6 Å². The highest BCUT2D eigenvalue weighted by Gasteiger charge is 2.45. The fraction of sp³-hybridized carbons (Fsp3) is 0.526. The molecule has 2 aromatic rings. The Balaban J connectivity index is 2.00. The van der Waals surface area contributed by atoms with Crippen molar-refractivity contribution in [2.45, 2.75) is 51.5 Å². The smallest absolute Gasteiger partial charge is 0.215 e. The maximum absolute atomic E-state index is 6.60. The monoisotopic (exact) mass is 382 g/mol. The van der Waals surface area contributed by atoms with Gasteiger partial charge >= 0.3 is 0 Å². The summed E-state index contributed by atoms with van der Waals surface area (Å²) in [7, 11) is 0. The highest BCUT2D eigenvalue weighted by atomic mass is 35.5. The van der Waals surface area contributed by atoms with Gasteiger partial charge in [0.25, 0.3) is 0 Å². The van der Waals surface area contributed by atoms with Crippen molar-refractivity contribution in [1.82, 2.24) is 9.55 Å². The van der Waals surface area contributed by atoms with E-state index in [1.165, 1.54) is 0 Å². The van der Waals surface area contributed by atoms with Gasteiger partial charge in [0, 0.05) is 28.9 Å². The van der Waals surface area contributed by atoms with Crippen molar-refractivity contribution in [1.29, 1.82) is 0 Å². The lowest BCUT2D eigenvalue weighted by atomic mass is 9.93. The van der Waals surface area contributed by atoms with E-state index < -0.39 is 5.79 Å². The number of rotatable bonds is 6. The largest absolute Gasteiger partial charge is 0.344 e. The first-order valence-electron chi connectivity index (χ1n) is 8.81. The summed E-state index contributed by atoms with van der Waals surface area (Å²) in [6.07, 6.45) is 8.64. The molecule has 0 N–H and O–H groups in total. The van der Waals surface area contributed by atoms with Gasteiger partial charge in [0.2, 0.25) is 5.79 Å². The van der Waals surface area contributed by atoms with E-state index in [2.05, 4.69) is 18.8 Å². The molecular formula is C19H24Cl2N2O2. The van der Waals surface area contributed by atoms with Gasteiger partial charge in [0.15, 0.2) is 0 Å². The topological polar surface area (TPSA) is 36.3 Å². The number of nitrogens with zero attached hydrogens (tertiary/aromatic N) is 2. The van der Waals surface area contributed by atoms with Crippen LogP contribution >= 0.6 is 23.2 Å². The van der Waals surface area contributed by atoms with Crippen molar-refractivity contribution in [3.05, 3.63) is 52.5 Å². The molecule has 25 heavy (non-hydrogen) atoms. The van der Waals surface area contributed by atoms with Crippen molar-refractivity contribution in [2.75, 3.05) is 6.61 Å². The first-order chi connectivity index (χ1) is 12.1. The molecule has 4 nitrogen and oxygen atoms in total. The summed E-state index contributed by atoms with van der Waals surface area (Å²) in [5, 5.41) is 1.15. The van der Waals surface area contributed by atoms with Crippen LogP contribution in [0.2, 0.25) is 10.0 Å². The molecule has 0 spiro atoms. The number of halogens is 2. The van der Waals surface area contributed by atoms with Crippen LogP contribution in [0.15, 0.2) is 36.9 Å². The number of hydrogen-bond donors (Lipinski definition) is 0. The number of ether oxygens (including phenoxy) is 2. The molecule has 6 heteroatoms. The highest BCUT2D eigenvalue weighted by molar-refractivity contribution is 6.35. The van der Waals surface area contributed by atoms with E-state index in [1.807, 2.05) is 22.9 Å². The predicted molar refractivity (Wildman–Crippen MR) is 99.9 cm³/mol. The number of benzene rings is 1. The predicted octanol–water partition coefficient (Wildman–Crippen LogP) is 5.28. The van der Waals surface area contributed by atoms with Gasteiger partial charge in [0.05, 0.1) is 30.6 Å². The van der Waals surface area contributed by atoms with Crippen molar-refractivity contribution >= 4 is 23.2 Å². The summed E-state index contributed by atoms with van der Waals surface area (Å²) < 4.78 is 14.9. The van der Waals surface area contributed by atoms with E-state index in [9.17, 15) is 0 Å². The molecule has 3 rings (SSSR count). The number of aromatic nitrogens is 2. The average molecular weight is 383 g/mol. The van der Waals surface area contributed by atoms with Crippen molar-refractivity contribution in [2.24, 2.45) is 5.92 Å². The molecule has 0 amide bonds. The second kappa shape index (κ2) is 8.09. The minimum Gasteiger partial charge on any atom is -0.344 e. The van der Waals surface area contributed by atoms with Crippen LogP contribution in [0.25, 0.3) is 0 Å². The van der Waals surface area contributed by atoms with Crippen LogP contribution in [-0.4, -0.2) is 22.3 Å². The van der Waals surface area contributed by atoms with Gasteiger partial charge in [-0.15, -0.1) is 0 Å². The van der Waals surface area contributed by atoms with Crippen LogP contribution in [0.1, 0.15) is 38.7 Å². The zero-order valence-corrected chi connectivity index (χ0v) is 16.1. The third-order valence-corrected chi connectivity index (χ3v) is 5.33. The molecule has 1 aliphatic heterocycles. The van der Waals surface area contributed by atoms with Gasteiger partial charge in [0.1, 0.15) is 0 Å². The van der Waals surface area contributed by atoms with Crippen LogP contribution < -0.4 is 0 Å². The molecule has 3 atom stereocenters. The Bertz CT molecular complexity index is 693. The van der Waals surface area contributed by atoms with Crippen molar-refractivity contribution in [3.63, 3.8) is 0 Å². The standard InChI is InChI=1S/C19H24Cl2N2O2/c1-3-5-18-14(4-2)11-24-19(25-18,12-23-9-8-22-13-23)16-7-6-15(20)10-17(16)21/h6-10,13-14,18H,3-5,11-12H2,1-2H3. The number of imidazole rings is 1. The van der Waals surface area contributed by atoms with Gasteiger partial charge in [-0.1, -0.05) is 49.5 Å². The first kappa shape index (κ1) is 18.7. The Morgan fingerprint density at radius 1 is 1.32 bits per heavy atom. The van der Waals surface area contributed by atoms with Crippen LogP contribution in [0.5, 0.6) is 0 Å². The summed E-state index contributed by atoms with van der Waals surface area (Å²) in [5.41, 5.74) is 0.808. The summed E-state index contributed by atoms with van der Waals surface area (Å²) >= 11 is 12.6. The second-order valence-electron chi connectivity index (χ2n) is 6.54. The Labute approximate surface area is 159 Å². The van der Waals surface area contributed by atoms with Crippen LogP contribution in [-0.2, 0) is 21.8 Å². The molecule has 136 valence electrons. The Kier molecular flexibility index (Phi) is 6.05. The zero-order valence-electron chi connectivity index (χ0n) is 14.6. The van der Waals surface area contributed by atoms with Crippen LogP contribution in [0, 0.1) is 5.92 Å². The molecule has 0 saturated carbocycles. The molecule has 1 aromatic heterocycles. The van der Waals surface area contributed by atoms with E-state index in [0.29, 0.717) is 29.1 Å². The highest BCUT2D eigenvalue weighted by Crippen LogP contribution is 2.42. The lowest BCUT2D eigenvalue weighted by Gasteiger charge is -2.45. The lowest BCUT2D eigenvalue weighted by Crippen LogP contribution is -2.49. The Morgan fingerprint density at radius 3 is 2.80 bits per heavy atom. The molecular weight excluding hydrogens is 359 g/mol. The quantitative estimate of drug-likeness (QED) is 0.681. The van der Waals surface area contributed by atoms with Gasteiger partial charge in [-0.25, -0.2) is 4.98 Å². The second-order valence-corrected chi connectivity index (χ2v) is 7.38. The summed E-state index contributed by atoms with van der Waals surface area (Å²) in [6, 6.07) is 5.46. The van der Waals surface area contributed by atoms with Crippen molar-refractivity contribution in [3.8, 4) is 0 Å². The molecule has 2 heterocycles. The minimum absolute atomic E-state index is 0.138. The Morgan fingerprint density at radius 2 is 2.16 bits per heavy atom. The zero-order chi connectivity index (χ0) is 17.9. The van der Waals surface area contributed by atoms with Gasteiger partial charge < -0.3 is 14.0 Å². The van der Waals surface area contributed by atoms with Crippen LogP contribution in [0.3, 0.4) is 0 Å². The molecule has 1 fully saturated rings. The van der Waals surface area contributed by atoms with E-state index >= 15 is 0 Å². The number of hydrogen-bond acceptors (Lipinski definition) is 3. The van der Waals surface area contributed by atoms with Crippen LogP contribution in [0.4, 0.5) is 0 Å². The third-order valence-electron chi connectivity index (χ3n) is 4.79. The maximum atomic E-state index is 6.60. The van der Waals surface area contributed by atoms with Gasteiger partial charge in [-0.2, -0.15) is 0 Å². The fourth-order valence-corrected chi connectivity index (χ4v) is 3.96. The normalized spacial score (nSPS) is 26.7. The minimum atomic E-state index is -0.937. The molecule has 3 unspecified atom stereocenters. The summed E-state index contributed by atoms with van der Waals surface area (Å²) in [6.45, 7) is 5.50. The van der Waals surface area contributed by atoms with E-state index in [-0.39, 0.29) is 6.10 Å². The lowest BCUT2D eigenvalue weighted by molar-refractivity contribution is -0.328. The van der Waals surface area contributed by atoms with Crippen molar-refractivity contribution < 1.29 is 9.47 Å². The first-order valence-corrected chi connectivity index (χ1v) is 9.56. The summed E-state index contributed by atoms with van der Waals surface area (Å²) in [5.74, 6) is -0.546. The molecule has 1 aliphatic rings. The van der Waals surface area contributed by atoms with Gasteiger partial charge in [-0.3, -0.25) is 0 Å². The van der Waals surface area contributed by atoms with E-state index in [4.69, 9.17) is 32.7 Å². The SMILES string of the molecule is CCCC1OC(Cn2ccnc2)(c2ccc(Cl)cc2Cl)OCC1CC. The Hall–Kier alpha value is -1.07. The maximum Gasteiger partial charge on any atom is 0.215 e. The molecule has 1 saturated heterocycles. The summed E-state index contributed by atoms with van der Waals surface area (Å²) in [4.78, 5) is 4.13. The fourth-order valence-electron chi connectivity index (χ4n) is 3.41. The molecule has 0 radical (unpaired) electrons.